The highest BCUT2D eigenvalue weighted by Gasteiger charge is 2.51. The van der Waals surface area contributed by atoms with E-state index >= 15 is 0 Å². The minimum atomic E-state index is -0.644. The molecule has 4 aromatic rings. The summed E-state index contributed by atoms with van der Waals surface area (Å²) >= 11 is 0. The molecule has 1 fully saturated rings. The summed E-state index contributed by atoms with van der Waals surface area (Å²) in [7, 11) is 3.17. The second-order valence-corrected chi connectivity index (χ2v) is 8.58. The van der Waals surface area contributed by atoms with Crippen molar-refractivity contribution in [3.63, 3.8) is 0 Å². The number of anilines is 1. The molecule has 3 aromatic carbocycles. The Labute approximate surface area is 201 Å². The number of aromatic nitrogens is 4. The average molecular weight is 474 g/mol. The van der Waals surface area contributed by atoms with Gasteiger partial charge >= 0.3 is 0 Å². The lowest BCUT2D eigenvalue weighted by Crippen LogP contribution is -2.28. The summed E-state index contributed by atoms with van der Waals surface area (Å²) in [6, 6.07) is 16.1. The summed E-state index contributed by atoms with van der Waals surface area (Å²) in [5.74, 6) is 1.27. The fourth-order valence-corrected chi connectivity index (χ4v) is 4.31. The maximum absolute atomic E-state index is 13.8. The molecule has 0 unspecified atom stereocenters. The van der Waals surface area contributed by atoms with Crippen LogP contribution in [0.3, 0.4) is 0 Å². The van der Waals surface area contributed by atoms with Crippen molar-refractivity contribution in [1.82, 2.24) is 20.6 Å². The van der Waals surface area contributed by atoms with Crippen molar-refractivity contribution in [2.24, 2.45) is 0 Å². The average Bonchev–Trinajstić information content (AvgIpc) is 3.51. The number of ether oxygens (including phenoxy) is 2. The predicted molar refractivity (Wildman–Crippen MR) is 129 cm³/mol. The quantitative estimate of drug-likeness (QED) is 0.405. The Hall–Kier alpha value is -4.27. The number of carbonyl (C=O) groups is 1. The van der Waals surface area contributed by atoms with Crippen LogP contribution in [0.5, 0.6) is 11.5 Å². The van der Waals surface area contributed by atoms with Crippen LogP contribution in [0.1, 0.15) is 24.0 Å². The van der Waals surface area contributed by atoms with E-state index in [9.17, 15) is 9.18 Å². The first-order chi connectivity index (χ1) is 16.9. The van der Waals surface area contributed by atoms with E-state index in [1.165, 1.54) is 6.07 Å². The van der Waals surface area contributed by atoms with Gasteiger partial charge in [-0.1, -0.05) is 24.3 Å². The maximum atomic E-state index is 13.8. The van der Waals surface area contributed by atoms with Crippen molar-refractivity contribution in [2.45, 2.75) is 25.2 Å². The van der Waals surface area contributed by atoms with Crippen LogP contribution in [0.15, 0.2) is 54.6 Å². The molecule has 178 valence electrons. The van der Waals surface area contributed by atoms with E-state index in [1.807, 2.05) is 36.4 Å². The van der Waals surface area contributed by atoms with Crippen LogP contribution in [0.4, 0.5) is 10.1 Å². The second kappa shape index (κ2) is 8.83. The minimum Gasteiger partial charge on any atom is -0.493 e. The molecule has 2 N–H and O–H groups in total. The van der Waals surface area contributed by atoms with Crippen molar-refractivity contribution in [3.05, 3.63) is 71.5 Å². The third kappa shape index (κ3) is 4.09. The topological polar surface area (TPSA) is 102 Å². The van der Waals surface area contributed by atoms with E-state index in [4.69, 9.17) is 9.47 Å². The molecule has 1 aliphatic carbocycles. The molecule has 0 saturated heterocycles. The number of amides is 1. The van der Waals surface area contributed by atoms with E-state index < -0.39 is 5.41 Å². The van der Waals surface area contributed by atoms with Gasteiger partial charge in [-0.2, -0.15) is 0 Å². The van der Waals surface area contributed by atoms with Gasteiger partial charge in [0.05, 0.1) is 19.6 Å². The highest BCUT2D eigenvalue weighted by molar-refractivity contribution is 6.02. The molecule has 0 radical (unpaired) electrons. The van der Waals surface area contributed by atoms with Gasteiger partial charge in [0.2, 0.25) is 5.91 Å². The molecule has 1 aliphatic rings. The second-order valence-electron chi connectivity index (χ2n) is 8.58. The molecular formula is C26H24FN5O3. The third-order valence-corrected chi connectivity index (χ3v) is 6.47. The molecule has 0 atom stereocenters. The predicted octanol–water partition coefficient (Wildman–Crippen LogP) is 4.67. The van der Waals surface area contributed by atoms with Crippen molar-refractivity contribution in [3.8, 4) is 34.0 Å². The molecule has 1 saturated carbocycles. The van der Waals surface area contributed by atoms with E-state index in [1.54, 1.807) is 33.3 Å². The molecule has 1 heterocycles. The molecule has 1 aromatic heterocycles. The Morgan fingerprint density at radius 1 is 1.00 bits per heavy atom. The number of tetrazole rings is 1. The summed E-state index contributed by atoms with van der Waals surface area (Å²) in [5, 5.41) is 17.3. The van der Waals surface area contributed by atoms with Crippen LogP contribution in [0.25, 0.3) is 22.5 Å². The zero-order valence-electron chi connectivity index (χ0n) is 19.6. The van der Waals surface area contributed by atoms with Gasteiger partial charge in [0.25, 0.3) is 0 Å². The molecule has 8 nitrogen and oxygen atoms in total. The number of halogens is 1. The lowest BCUT2D eigenvalue weighted by atomic mass is 9.93. The van der Waals surface area contributed by atoms with Crippen LogP contribution < -0.4 is 14.8 Å². The third-order valence-electron chi connectivity index (χ3n) is 6.47. The first-order valence-electron chi connectivity index (χ1n) is 11.1. The Balaban J connectivity index is 1.49. The number of rotatable bonds is 7. The lowest BCUT2D eigenvalue weighted by molar-refractivity contribution is -0.118. The van der Waals surface area contributed by atoms with Crippen LogP contribution in [0, 0.1) is 12.7 Å². The number of nitrogens with one attached hydrogen (secondary N) is 2. The Bertz CT molecular complexity index is 1400. The first kappa shape index (κ1) is 22.5. The highest BCUT2D eigenvalue weighted by atomic mass is 19.1. The largest absolute Gasteiger partial charge is 0.493 e. The zero-order valence-corrected chi connectivity index (χ0v) is 19.6. The number of H-pyrrole nitrogens is 1. The molecule has 9 heteroatoms. The number of carbonyl (C=O) groups excluding carboxylic acids is 1. The fourth-order valence-electron chi connectivity index (χ4n) is 4.31. The number of methoxy groups -OCH3 is 2. The molecule has 0 bridgehead atoms. The van der Waals surface area contributed by atoms with E-state index in [-0.39, 0.29) is 11.7 Å². The van der Waals surface area contributed by atoms with Gasteiger partial charge in [0.15, 0.2) is 17.3 Å². The summed E-state index contributed by atoms with van der Waals surface area (Å²) in [4.78, 5) is 13.3. The van der Waals surface area contributed by atoms with E-state index in [0.717, 1.165) is 16.7 Å². The van der Waals surface area contributed by atoms with Gasteiger partial charge in [0, 0.05) is 11.3 Å². The lowest BCUT2D eigenvalue weighted by Gasteiger charge is -2.18. The Morgan fingerprint density at radius 2 is 1.80 bits per heavy atom. The molecule has 35 heavy (non-hydrogen) atoms. The molecule has 0 aliphatic heterocycles. The standard InChI is InChI=1S/C26H24FN5O3/c1-15-12-17(5-8-21(15)27)26(10-11-26)25(33)28-18-6-7-19(20(14-18)24-29-31-32-30-24)16-4-9-22(34-2)23(13-16)35-3/h4-9,12-14H,10-11H2,1-3H3,(H,28,33)(H,29,30,31,32). The minimum absolute atomic E-state index is 0.121. The van der Waals surface area contributed by atoms with Gasteiger partial charge in [-0.05, 0) is 82.8 Å². The first-order valence-corrected chi connectivity index (χ1v) is 11.1. The van der Waals surface area contributed by atoms with Crippen LogP contribution in [-0.4, -0.2) is 40.8 Å². The van der Waals surface area contributed by atoms with Crippen molar-refractivity contribution in [1.29, 1.82) is 0 Å². The van der Waals surface area contributed by atoms with Gasteiger partial charge < -0.3 is 14.8 Å². The van der Waals surface area contributed by atoms with Gasteiger partial charge in [-0.15, -0.1) is 5.10 Å². The monoisotopic (exact) mass is 473 g/mol. The molecular weight excluding hydrogens is 449 g/mol. The number of aryl methyl sites for hydroxylation is 1. The molecule has 1 amide bonds. The summed E-state index contributed by atoms with van der Waals surface area (Å²) in [6.07, 6.45) is 1.43. The number of aromatic amines is 1. The molecule has 5 rings (SSSR count). The zero-order chi connectivity index (χ0) is 24.6. The van der Waals surface area contributed by atoms with Crippen molar-refractivity contribution in [2.75, 3.05) is 19.5 Å². The van der Waals surface area contributed by atoms with E-state index in [0.29, 0.717) is 47.0 Å². The number of hydrogen-bond donors (Lipinski definition) is 2. The Kier molecular flexibility index (Phi) is 5.68. The van der Waals surface area contributed by atoms with Crippen molar-refractivity contribution < 1.29 is 18.7 Å². The smallest absolute Gasteiger partial charge is 0.235 e. The normalized spacial score (nSPS) is 13.8. The SMILES string of the molecule is COc1ccc(-c2ccc(NC(=O)C3(c4ccc(F)c(C)c4)CC3)cc2-c2nnn[nH]2)cc1OC. The summed E-state index contributed by atoms with van der Waals surface area (Å²) in [5.41, 5.74) is 3.74. The highest BCUT2D eigenvalue weighted by Crippen LogP contribution is 2.49. The van der Waals surface area contributed by atoms with Crippen molar-refractivity contribution >= 4 is 11.6 Å². The number of hydrogen-bond acceptors (Lipinski definition) is 6. The van der Waals surface area contributed by atoms with Gasteiger partial charge in [-0.3, -0.25) is 4.79 Å². The molecule has 0 spiro atoms. The van der Waals surface area contributed by atoms with E-state index in [2.05, 4.69) is 25.9 Å². The summed E-state index contributed by atoms with van der Waals surface area (Å²) < 4.78 is 24.6. The van der Waals surface area contributed by atoms with Gasteiger partial charge in [0.1, 0.15) is 5.82 Å². The van der Waals surface area contributed by atoms with Crippen LogP contribution in [0.2, 0.25) is 0 Å². The van der Waals surface area contributed by atoms with Gasteiger partial charge in [-0.25, -0.2) is 9.49 Å². The fraction of sp³-hybridized carbons (Fsp3) is 0.231. The Morgan fingerprint density at radius 3 is 2.46 bits per heavy atom. The van der Waals surface area contributed by atoms with Crippen LogP contribution >= 0.6 is 0 Å². The number of benzene rings is 3. The summed E-state index contributed by atoms with van der Waals surface area (Å²) in [6.45, 7) is 1.71. The van der Waals surface area contributed by atoms with Crippen LogP contribution in [-0.2, 0) is 10.2 Å². The maximum Gasteiger partial charge on any atom is 0.235 e. The number of nitrogens with zero attached hydrogens (tertiary/aromatic N) is 3.